The molecule has 1 amide bonds. The maximum Gasteiger partial charge on any atom is 0.415 e. The second-order valence-electron chi connectivity index (χ2n) is 5.19. The van der Waals surface area contributed by atoms with Gasteiger partial charge in [-0.05, 0) is 48.8 Å². The van der Waals surface area contributed by atoms with Crippen LogP contribution in [0.25, 0.3) is 0 Å². The Morgan fingerprint density at radius 2 is 2.16 bits per heavy atom. The van der Waals surface area contributed by atoms with Gasteiger partial charge in [-0.1, -0.05) is 11.6 Å². The molecule has 19 heavy (non-hydrogen) atoms. The molecule has 4 nitrogen and oxygen atoms in total. The summed E-state index contributed by atoms with van der Waals surface area (Å²) in [6.45, 7) is 6.31. The van der Waals surface area contributed by atoms with Gasteiger partial charge < -0.3 is 9.47 Å². The monoisotopic (exact) mass is 347 g/mol. The van der Waals surface area contributed by atoms with Crippen LogP contribution in [0.1, 0.15) is 20.8 Å². The molecule has 6 heteroatoms. The van der Waals surface area contributed by atoms with E-state index >= 15 is 0 Å². The largest absolute Gasteiger partial charge is 0.488 e. The number of ether oxygens (including phenoxy) is 2. The molecule has 1 aromatic carbocycles. The minimum Gasteiger partial charge on any atom is -0.488 e. The summed E-state index contributed by atoms with van der Waals surface area (Å²) >= 11 is 9.57. The van der Waals surface area contributed by atoms with Gasteiger partial charge >= 0.3 is 6.09 Å². The van der Waals surface area contributed by atoms with Gasteiger partial charge in [0, 0.05) is 0 Å². The molecule has 0 atom stereocenters. The van der Waals surface area contributed by atoms with Gasteiger partial charge in [-0.3, -0.25) is 4.90 Å². The number of halogens is 2. The predicted molar refractivity (Wildman–Crippen MR) is 78.2 cm³/mol. The van der Waals surface area contributed by atoms with Crippen molar-refractivity contribution >= 4 is 39.3 Å². The molecule has 104 valence electrons. The minimum atomic E-state index is -0.548. The molecule has 0 bridgehead atoms. The first-order valence-electron chi connectivity index (χ1n) is 5.91. The second kappa shape index (κ2) is 5.21. The summed E-state index contributed by atoms with van der Waals surface area (Å²) in [5.41, 5.74) is 0.00477. The van der Waals surface area contributed by atoms with Crippen molar-refractivity contribution in [3.8, 4) is 5.75 Å². The summed E-state index contributed by atoms with van der Waals surface area (Å²) in [7, 11) is 0. The van der Waals surface area contributed by atoms with Crippen molar-refractivity contribution in [1.29, 1.82) is 0 Å². The SMILES string of the molecule is CC(C)(C)OC(=O)N1CCOc2c(Br)ccc(Cl)c21. The highest BCUT2D eigenvalue weighted by molar-refractivity contribution is 9.10. The molecule has 1 aromatic rings. The molecule has 1 aliphatic rings. The van der Waals surface area contributed by atoms with Crippen molar-refractivity contribution in [2.45, 2.75) is 26.4 Å². The summed E-state index contributed by atoms with van der Waals surface area (Å²) in [4.78, 5) is 13.7. The maximum absolute atomic E-state index is 12.2. The number of nitrogens with zero attached hydrogens (tertiary/aromatic N) is 1. The molecule has 2 rings (SSSR count). The van der Waals surface area contributed by atoms with E-state index in [0.717, 1.165) is 4.47 Å². The van der Waals surface area contributed by atoms with Crippen LogP contribution in [0.3, 0.4) is 0 Å². The Morgan fingerprint density at radius 3 is 2.79 bits per heavy atom. The quantitative estimate of drug-likeness (QED) is 0.704. The van der Waals surface area contributed by atoms with E-state index < -0.39 is 11.7 Å². The molecule has 0 fully saturated rings. The molecule has 0 aromatic heterocycles. The molecule has 0 N–H and O–H groups in total. The number of benzene rings is 1. The maximum atomic E-state index is 12.2. The zero-order valence-corrected chi connectivity index (χ0v) is 13.3. The fourth-order valence-electron chi connectivity index (χ4n) is 1.76. The molecule has 0 unspecified atom stereocenters. The molecule has 0 saturated carbocycles. The molecular weight excluding hydrogens is 334 g/mol. The van der Waals surface area contributed by atoms with Crippen LogP contribution in [0.5, 0.6) is 5.75 Å². The van der Waals surface area contributed by atoms with Crippen molar-refractivity contribution < 1.29 is 14.3 Å². The number of hydrogen-bond acceptors (Lipinski definition) is 3. The highest BCUT2D eigenvalue weighted by Gasteiger charge is 2.31. The Hall–Kier alpha value is -0.940. The zero-order valence-electron chi connectivity index (χ0n) is 11.0. The van der Waals surface area contributed by atoms with E-state index in [1.807, 2.05) is 20.8 Å². The summed E-state index contributed by atoms with van der Waals surface area (Å²) in [5, 5.41) is 0.462. The van der Waals surface area contributed by atoms with Crippen molar-refractivity contribution in [1.82, 2.24) is 0 Å². The van der Waals surface area contributed by atoms with Crippen molar-refractivity contribution in [2.24, 2.45) is 0 Å². The fourth-order valence-corrected chi connectivity index (χ4v) is 2.45. The third-order valence-corrected chi connectivity index (χ3v) is 3.41. The van der Waals surface area contributed by atoms with Gasteiger partial charge in [0.15, 0.2) is 5.75 Å². The molecule has 1 heterocycles. The van der Waals surface area contributed by atoms with Crippen molar-refractivity contribution in [2.75, 3.05) is 18.1 Å². The van der Waals surface area contributed by atoms with Crippen LogP contribution in [-0.2, 0) is 4.74 Å². The first kappa shape index (κ1) is 14.5. The number of fused-ring (bicyclic) bond motifs is 1. The van der Waals surface area contributed by atoms with Crippen LogP contribution in [0.15, 0.2) is 16.6 Å². The zero-order chi connectivity index (χ0) is 14.2. The number of carbonyl (C=O) groups excluding carboxylic acids is 1. The smallest absolute Gasteiger partial charge is 0.415 e. The molecular formula is C13H15BrClNO3. The third kappa shape index (κ3) is 3.15. The highest BCUT2D eigenvalue weighted by Crippen LogP contribution is 2.43. The van der Waals surface area contributed by atoms with Crippen LogP contribution < -0.4 is 9.64 Å². The number of anilines is 1. The average Bonchev–Trinajstić information content (AvgIpc) is 2.31. The molecule has 0 saturated heterocycles. The number of amides is 1. The average molecular weight is 349 g/mol. The number of rotatable bonds is 0. The van der Waals surface area contributed by atoms with Gasteiger partial charge in [0.2, 0.25) is 0 Å². The molecule has 0 radical (unpaired) electrons. The Kier molecular flexibility index (Phi) is 3.97. The van der Waals surface area contributed by atoms with Gasteiger partial charge in [0.1, 0.15) is 17.9 Å². The Bertz CT molecular complexity index is 513. The predicted octanol–water partition coefficient (Wildman–Crippen LogP) is 4.24. The first-order valence-corrected chi connectivity index (χ1v) is 7.08. The van der Waals surface area contributed by atoms with E-state index in [1.54, 1.807) is 12.1 Å². The number of hydrogen-bond donors (Lipinski definition) is 0. The van der Waals surface area contributed by atoms with Gasteiger partial charge in [0.05, 0.1) is 16.0 Å². The van der Waals surface area contributed by atoms with E-state index in [1.165, 1.54) is 4.90 Å². The Morgan fingerprint density at radius 1 is 1.47 bits per heavy atom. The van der Waals surface area contributed by atoms with Crippen LogP contribution in [-0.4, -0.2) is 24.8 Å². The van der Waals surface area contributed by atoms with E-state index in [4.69, 9.17) is 21.1 Å². The third-order valence-electron chi connectivity index (χ3n) is 2.48. The van der Waals surface area contributed by atoms with E-state index in [9.17, 15) is 4.79 Å². The van der Waals surface area contributed by atoms with Gasteiger partial charge in [0.25, 0.3) is 0 Å². The standard InChI is InChI=1S/C13H15BrClNO3/c1-13(2,3)19-12(17)16-6-7-18-11-8(14)4-5-9(15)10(11)16/h4-5H,6-7H2,1-3H3. The highest BCUT2D eigenvalue weighted by atomic mass is 79.9. The van der Waals surface area contributed by atoms with E-state index in [2.05, 4.69) is 15.9 Å². The van der Waals surface area contributed by atoms with Gasteiger partial charge in [-0.25, -0.2) is 4.79 Å². The fraction of sp³-hybridized carbons (Fsp3) is 0.462. The van der Waals surface area contributed by atoms with Crippen LogP contribution in [0.2, 0.25) is 5.02 Å². The summed E-state index contributed by atoms with van der Waals surface area (Å²) in [6.07, 6.45) is -0.419. The lowest BCUT2D eigenvalue weighted by molar-refractivity contribution is 0.0567. The lowest BCUT2D eigenvalue weighted by Crippen LogP contribution is -2.41. The topological polar surface area (TPSA) is 38.8 Å². The van der Waals surface area contributed by atoms with Gasteiger partial charge in [-0.2, -0.15) is 0 Å². The molecule has 1 aliphatic heterocycles. The first-order chi connectivity index (χ1) is 8.79. The van der Waals surface area contributed by atoms with E-state index in [-0.39, 0.29) is 0 Å². The lowest BCUT2D eigenvalue weighted by Gasteiger charge is -2.32. The minimum absolute atomic E-state index is 0.408. The van der Waals surface area contributed by atoms with Crippen molar-refractivity contribution in [3.63, 3.8) is 0 Å². The summed E-state index contributed by atoms with van der Waals surface area (Å²) in [5.74, 6) is 0.574. The van der Waals surface area contributed by atoms with Crippen molar-refractivity contribution in [3.05, 3.63) is 21.6 Å². The molecule has 0 aliphatic carbocycles. The second-order valence-corrected chi connectivity index (χ2v) is 6.45. The summed E-state index contributed by atoms with van der Waals surface area (Å²) < 4.78 is 11.7. The normalized spacial score (nSPS) is 14.7. The Labute approximate surface area is 125 Å². The van der Waals surface area contributed by atoms with Crippen LogP contribution >= 0.6 is 27.5 Å². The van der Waals surface area contributed by atoms with Crippen LogP contribution in [0, 0.1) is 0 Å². The number of carbonyl (C=O) groups is 1. The van der Waals surface area contributed by atoms with Crippen LogP contribution in [0.4, 0.5) is 10.5 Å². The lowest BCUT2D eigenvalue weighted by atomic mass is 10.2. The van der Waals surface area contributed by atoms with Gasteiger partial charge in [-0.15, -0.1) is 0 Å². The Balaban J connectivity index is 2.37. The summed E-state index contributed by atoms with van der Waals surface area (Å²) in [6, 6.07) is 3.51. The van der Waals surface area contributed by atoms with E-state index in [0.29, 0.717) is 29.6 Å². The molecule has 0 spiro atoms.